The van der Waals surface area contributed by atoms with Gasteiger partial charge < -0.3 is 16.2 Å². The molecule has 0 aromatic heterocycles. The Kier molecular flexibility index (Phi) is 5.33. The van der Waals surface area contributed by atoms with Crippen LogP contribution in [0.25, 0.3) is 0 Å². The van der Waals surface area contributed by atoms with E-state index in [9.17, 15) is 14.7 Å². The molecule has 1 aliphatic carbocycles. The highest BCUT2D eigenvalue weighted by atomic mass is 16.4. The van der Waals surface area contributed by atoms with Crippen LogP contribution in [0.15, 0.2) is 30.3 Å². The van der Waals surface area contributed by atoms with Gasteiger partial charge in [-0.15, -0.1) is 0 Å². The van der Waals surface area contributed by atoms with E-state index in [1.807, 2.05) is 30.3 Å². The van der Waals surface area contributed by atoms with Gasteiger partial charge in [-0.05, 0) is 18.4 Å². The molecule has 0 spiro atoms. The zero-order valence-corrected chi connectivity index (χ0v) is 12.0. The molecule has 1 amide bonds. The summed E-state index contributed by atoms with van der Waals surface area (Å²) in [5.74, 6) is -1.52. The number of aliphatic carboxylic acids is 1. The summed E-state index contributed by atoms with van der Waals surface area (Å²) < 4.78 is 0. The van der Waals surface area contributed by atoms with Crippen molar-refractivity contribution in [3.8, 4) is 0 Å². The van der Waals surface area contributed by atoms with Gasteiger partial charge in [-0.25, -0.2) is 4.79 Å². The molecule has 0 heterocycles. The molecule has 114 valence electrons. The van der Waals surface area contributed by atoms with Crippen molar-refractivity contribution >= 4 is 11.9 Å². The lowest BCUT2D eigenvalue weighted by atomic mass is 9.84. The molecule has 0 aliphatic heterocycles. The van der Waals surface area contributed by atoms with E-state index in [0.29, 0.717) is 0 Å². The maximum absolute atomic E-state index is 12.3. The van der Waals surface area contributed by atoms with Crippen LogP contribution in [0, 0.1) is 5.92 Å². The predicted octanol–water partition coefficient (Wildman–Crippen LogP) is 1.32. The normalized spacial score (nSPS) is 23.3. The number of amides is 1. The fourth-order valence-corrected chi connectivity index (χ4v) is 2.81. The first kappa shape index (κ1) is 15.5. The average molecular weight is 290 g/mol. The summed E-state index contributed by atoms with van der Waals surface area (Å²) in [7, 11) is 0. The van der Waals surface area contributed by atoms with Crippen LogP contribution in [-0.2, 0) is 16.0 Å². The Hall–Kier alpha value is -1.88. The van der Waals surface area contributed by atoms with Gasteiger partial charge in [0.25, 0.3) is 0 Å². The molecule has 4 N–H and O–H groups in total. The number of nitrogens with one attached hydrogen (secondary N) is 1. The summed E-state index contributed by atoms with van der Waals surface area (Å²) in [5, 5.41) is 11.9. The summed E-state index contributed by atoms with van der Waals surface area (Å²) in [5.41, 5.74) is 6.86. The fraction of sp³-hybridized carbons (Fsp3) is 0.500. The lowest BCUT2D eigenvalue weighted by Crippen LogP contribution is -2.49. The molecular weight excluding hydrogens is 268 g/mol. The van der Waals surface area contributed by atoms with E-state index in [4.69, 9.17) is 5.73 Å². The minimum absolute atomic E-state index is 0.162. The van der Waals surface area contributed by atoms with Crippen molar-refractivity contribution < 1.29 is 14.7 Å². The fourth-order valence-electron chi connectivity index (χ4n) is 2.81. The van der Waals surface area contributed by atoms with E-state index in [1.165, 1.54) is 0 Å². The lowest BCUT2D eigenvalue weighted by Gasteiger charge is -2.28. The highest BCUT2D eigenvalue weighted by Gasteiger charge is 2.31. The molecule has 1 saturated carbocycles. The second kappa shape index (κ2) is 7.22. The maximum atomic E-state index is 12.3. The van der Waals surface area contributed by atoms with Gasteiger partial charge in [-0.2, -0.15) is 0 Å². The smallest absolute Gasteiger partial charge is 0.326 e. The number of hydrogen-bond acceptors (Lipinski definition) is 3. The van der Waals surface area contributed by atoms with Crippen LogP contribution in [0.4, 0.5) is 0 Å². The van der Waals surface area contributed by atoms with Crippen molar-refractivity contribution in [2.75, 3.05) is 0 Å². The largest absolute Gasteiger partial charge is 0.480 e. The Labute approximate surface area is 124 Å². The Morgan fingerprint density at radius 1 is 1.24 bits per heavy atom. The van der Waals surface area contributed by atoms with Gasteiger partial charge in [0.1, 0.15) is 6.04 Å². The van der Waals surface area contributed by atoms with E-state index in [0.717, 1.165) is 31.2 Å². The molecule has 1 aromatic rings. The molecule has 3 atom stereocenters. The lowest BCUT2D eigenvalue weighted by molar-refractivity contribution is -0.142. The van der Waals surface area contributed by atoms with Crippen molar-refractivity contribution in [3.05, 3.63) is 35.9 Å². The summed E-state index contributed by atoms with van der Waals surface area (Å²) in [6.07, 6.45) is 3.86. The van der Waals surface area contributed by atoms with Gasteiger partial charge in [0.2, 0.25) is 5.91 Å². The predicted molar refractivity (Wildman–Crippen MR) is 79.6 cm³/mol. The Balaban J connectivity index is 1.99. The number of hydrogen-bond donors (Lipinski definition) is 3. The number of carboxylic acid groups (broad SMARTS) is 1. The van der Waals surface area contributed by atoms with Crippen LogP contribution in [0.3, 0.4) is 0 Å². The third-order valence-corrected chi connectivity index (χ3v) is 4.05. The van der Waals surface area contributed by atoms with E-state index >= 15 is 0 Å². The first-order valence-electron chi connectivity index (χ1n) is 7.40. The number of rotatable bonds is 5. The summed E-state index contributed by atoms with van der Waals surface area (Å²) in [4.78, 5) is 23.6. The number of carbonyl (C=O) groups excluding carboxylic acids is 1. The van der Waals surface area contributed by atoms with Crippen LogP contribution < -0.4 is 11.1 Å². The summed E-state index contributed by atoms with van der Waals surface area (Å²) in [6, 6.07) is 8.22. The molecule has 1 fully saturated rings. The van der Waals surface area contributed by atoms with E-state index in [2.05, 4.69) is 5.32 Å². The number of benzene rings is 1. The topological polar surface area (TPSA) is 92.4 Å². The minimum Gasteiger partial charge on any atom is -0.480 e. The Bertz CT molecular complexity index is 490. The number of nitrogens with two attached hydrogens (primary N) is 1. The van der Waals surface area contributed by atoms with Gasteiger partial charge in [0.15, 0.2) is 0 Å². The molecule has 1 aliphatic rings. The third-order valence-electron chi connectivity index (χ3n) is 4.05. The Morgan fingerprint density at radius 2 is 1.90 bits per heavy atom. The highest BCUT2D eigenvalue weighted by Crippen LogP contribution is 2.23. The highest BCUT2D eigenvalue weighted by molar-refractivity contribution is 5.85. The minimum atomic E-state index is -1.02. The van der Waals surface area contributed by atoms with Crippen LogP contribution >= 0.6 is 0 Å². The van der Waals surface area contributed by atoms with Crippen molar-refractivity contribution in [1.29, 1.82) is 0 Å². The van der Waals surface area contributed by atoms with Crippen molar-refractivity contribution in [1.82, 2.24) is 5.32 Å². The molecular formula is C16H22N2O3. The molecule has 5 heteroatoms. The van der Waals surface area contributed by atoms with Gasteiger partial charge in [0, 0.05) is 12.5 Å². The molecule has 2 unspecified atom stereocenters. The SMILES string of the molecule is NC1CCCCC1C(=O)N[C@@H](Cc1ccccc1)C(=O)O. The molecule has 1 aromatic carbocycles. The third kappa shape index (κ3) is 4.29. The van der Waals surface area contributed by atoms with Crippen LogP contribution in [0.2, 0.25) is 0 Å². The van der Waals surface area contributed by atoms with Gasteiger partial charge in [-0.3, -0.25) is 4.79 Å². The quantitative estimate of drug-likeness (QED) is 0.762. The molecule has 2 rings (SSSR count). The maximum Gasteiger partial charge on any atom is 0.326 e. The first-order chi connectivity index (χ1) is 10.1. The monoisotopic (exact) mass is 290 g/mol. The molecule has 0 radical (unpaired) electrons. The van der Waals surface area contributed by atoms with E-state index in [1.54, 1.807) is 0 Å². The second-order valence-corrected chi connectivity index (χ2v) is 5.64. The van der Waals surface area contributed by atoms with Crippen molar-refractivity contribution in [3.63, 3.8) is 0 Å². The molecule has 5 nitrogen and oxygen atoms in total. The zero-order chi connectivity index (χ0) is 15.2. The number of carboxylic acids is 1. The van der Waals surface area contributed by atoms with Gasteiger partial charge in [-0.1, -0.05) is 43.2 Å². The van der Waals surface area contributed by atoms with Gasteiger partial charge >= 0.3 is 5.97 Å². The van der Waals surface area contributed by atoms with E-state index < -0.39 is 12.0 Å². The van der Waals surface area contributed by atoms with Gasteiger partial charge in [0.05, 0.1) is 5.92 Å². The summed E-state index contributed by atoms with van der Waals surface area (Å²) >= 11 is 0. The standard InChI is InChI=1S/C16H22N2O3/c17-13-9-5-4-8-12(13)15(19)18-14(16(20)21)10-11-6-2-1-3-7-11/h1-3,6-7,12-14H,4-5,8-10,17H2,(H,18,19)(H,20,21)/t12?,13?,14-/m0/s1. The summed E-state index contributed by atoms with van der Waals surface area (Å²) in [6.45, 7) is 0. The van der Waals surface area contributed by atoms with Crippen LogP contribution in [-0.4, -0.2) is 29.1 Å². The number of carbonyl (C=O) groups is 2. The van der Waals surface area contributed by atoms with Crippen LogP contribution in [0.5, 0.6) is 0 Å². The van der Waals surface area contributed by atoms with E-state index in [-0.39, 0.29) is 24.3 Å². The Morgan fingerprint density at radius 3 is 2.52 bits per heavy atom. The molecule has 0 saturated heterocycles. The average Bonchev–Trinajstić information content (AvgIpc) is 2.48. The molecule has 21 heavy (non-hydrogen) atoms. The second-order valence-electron chi connectivity index (χ2n) is 5.64. The zero-order valence-electron chi connectivity index (χ0n) is 12.0. The van der Waals surface area contributed by atoms with Crippen LogP contribution in [0.1, 0.15) is 31.2 Å². The van der Waals surface area contributed by atoms with Crippen molar-refractivity contribution in [2.45, 2.75) is 44.2 Å². The molecule has 0 bridgehead atoms. The first-order valence-corrected chi connectivity index (χ1v) is 7.40. The van der Waals surface area contributed by atoms with Crippen molar-refractivity contribution in [2.24, 2.45) is 11.7 Å².